The molecule has 10 heteroatoms. The molecule has 3 atom stereocenters. The average Bonchev–Trinajstić information content (AvgIpc) is 3.20. The SMILES string of the molecule is CS(=O)(=O)N[C@@H]1C[C@H]2C(=O)NC[C@@H](CCC(=O)NCc3cccs3)N2C1. The Balaban J connectivity index is 1.51. The Bertz CT molecular complexity index is 750. The first-order chi connectivity index (χ1) is 12.3. The van der Waals surface area contributed by atoms with Gasteiger partial charge in [0.2, 0.25) is 21.8 Å². The predicted molar refractivity (Wildman–Crippen MR) is 99.1 cm³/mol. The summed E-state index contributed by atoms with van der Waals surface area (Å²) >= 11 is 1.60. The molecule has 2 aliphatic rings. The summed E-state index contributed by atoms with van der Waals surface area (Å²) in [6.45, 7) is 1.51. The number of hydrogen-bond acceptors (Lipinski definition) is 6. The van der Waals surface area contributed by atoms with Crippen LogP contribution < -0.4 is 15.4 Å². The Morgan fingerprint density at radius 1 is 1.46 bits per heavy atom. The van der Waals surface area contributed by atoms with Crippen molar-refractivity contribution >= 4 is 33.2 Å². The molecule has 0 spiro atoms. The minimum atomic E-state index is -3.31. The molecule has 2 fully saturated rings. The highest BCUT2D eigenvalue weighted by atomic mass is 32.2. The summed E-state index contributed by atoms with van der Waals surface area (Å²) in [4.78, 5) is 27.3. The van der Waals surface area contributed by atoms with Crippen molar-refractivity contribution in [3.05, 3.63) is 22.4 Å². The Morgan fingerprint density at radius 3 is 2.96 bits per heavy atom. The topological polar surface area (TPSA) is 108 Å². The van der Waals surface area contributed by atoms with Crippen LogP contribution >= 0.6 is 11.3 Å². The second-order valence-corrected chi connectivity index (χ2v) is 9.64. The van der Waals surface area contributed by atoms with Gasteiger partial charge < -0.3 is 10.6 Å². The summed E-state index contributed by atoms with van der Waals surface area (Å²) < 4.78 is 25.5. The van der Waals surface area contributed by atoms with Gasteiger partial charge in [-0.2, -0.15) is 0 Å². The van der Waals surface area contributed by atoms with E-state index in [2.05, 4.69) is 15.4 Å². The standard InChI is InChI=1S/C16H24N4O4S2/c1-26(23,24)19-11-7-14-16(22)18-8-12(20(14)10-11)4-5-15(21)17-9-13-3-2-6-25-13/h2-3,6,11-12,14,19H,4-5,7-10H2,1H3,(H,17,21)(H,18,22)/t11-,12-,14+/m1/s1. The molecule has 3 N–H and O–H groups in total. The first kappa shape index (κ1) is 19.3. The molecule has 144 valence electrons. The second-order valence-electron chi connectivity index (χ2n) is 6.83. The van der Waals surface area contributed by atoms with Gasteiger partial charge in [-0.3, -0.25) is 14.5 Å². The van der Waals surface area contributed by atoms with Crippen LogP contribution in [-0.4, -0.2) is 62.6 Å². The molecule has 2 saturated heterocycles. The molecule has 0 bridgehead atoms. The molecule has 1 aromatic rings. The number of fused-ring (bicyclic) bond motifs is 1. The van der Waals surface area contributed by atoms with Gasteiger partial charge in [0, 0.05) is 36.5 Å². The Morgan fingerprint density at radius 2 is 2.27 bits per heavy atom. The summed E-state index contributed by atoms with van der Waals surface area (Å²) in [6, 6.07) is 3.36. The maximum Gasteiger partial charge on any atom is 0.237 e. The Hall–Kier alpha value is -1.49. The monoisotopic (exact) mass is 400 g/mol. The van der Waals surface area contributed by atoms with Crippen molar-refractivity contribution in [3.63, 3.8) is 0 Å². The molecule has 8 nitrogen and oxygen atoms in total. The van der Waals surface area contributed by atoms with Crippen molar-refractivity contribution in [1.82, 2.24) is 20.3 Å². The highest BCUT2D eigenvalue weighted by molar-refractivity contribution is 7.88. The van der Waals surface area contributed by atoms with E-state index in [1.165, 1.54) is 0 Å². The third-order valence-corrected chi connectivity index (χ3v) is 6.39. The highest BCUT2D eigenvalue weighted by Gasteiger charge is 2.43. The molecule has 0 aliphatic carbocycles. The summed E-state index contributed by atoms with van der Waals surface area (Å²) in [5.41, 5.74) is 0. The highest BCUT2D eigenvalue weighted by Crippen LogP contribution is 2.26. The smallest absolute Gasteiger partial charge is 0.237 e. The number of rotatable bonds is 7. The van der Waals surface area contributed by atoms with E-state index in [-0.39, 0.29) is 29.9 Å². The van der Waals surface area contributed by atoms with E-state index < -0.39 is 10.0 Å². The van der Waals surface area contributed by atoms with Gasteiger partial charge in [0.05, 0.1) is 18.8 Å². The lowest BCUT2D eigenvalue weighted by atomic mass is 10.0. The molecule has 3 rings (SSSR count). The van der Waals surface area contributed by atoms with Gasteiger partial charge >= 0.3 is 0 Å². The van der Waals surface area contributed by atoms with E-state index in [9.17, 15) is 18.0 Å². The molecular formula is C16H24N4O4S2. The molecule has 2 amide bonds. The summed E-state index contributed by atoms with van der Waals surface area (Å²) in [5.74, 6) is -0.0851. The van der Waals surface area contributed by atoms with Crippen LogP contribution in [0, 0.1) is 0 Å². The Kier molecular flexibility index (Phi) is 5.96. The van der Waals surface area contributed by atoms with E-state index in [0.717, 1.165) is 11.1 Å². The van der Waals surface area contributed by atoms with Crippen LogP contribution in [0.15, 0.2) is 17.5 Å². The van der Waals surface area contributed by atoms with Gasteiger partial charge in [0.15, 0.2) is 0 Å². The van der Waals surface area contributed by atoms with Crippen molar-refractivity contribution in [3.8, 4) is 0 Å². The molecule has 1 aromatic heterocycles. The van der Waals surface area contributed by atoms with Crippen molar-refractivity contribution in [2.24, 2.45) is 0 Å². The number of sulfonamides is 1. The fraction of sp³-hybridized carbons (Fsp3) is 0.625. The third-order valence-electron chi connectivity index (χ3n) is 4.75. The average molecular weight is 401 g/mol. The fourth-order valence-corrected chi connectivity index (χ4v) is 5.04. The van der Waals surface area contributed by atoms with Gasteiger partial charge in [-0.15, -0.1) is 11.3 Å². The van der Waals surface area contributed by atoms with Crippen molar-refractivity contribution < 1.29 is 18.0 Å². The van der Waals surface area contributed by atoms with Crippen LogP contribution in [0.2, 0.25) is 0 Å². The quantitative estimate of drug-likeness (QED) is 0.579. The van der Waals surface area contributed by atoms with Gasteiger partial charge in [0.1, 0.15) is 0 Å². The fourth-order valence-electron chi connectivity index (χ4n) is 3.62. The predicted octanol–water partition coefficient (Wildman–Crippen LogP) is -0.365. The van der Waals surface area contributed by atoms with Crippen LogP contribution in [0.3, 0.4) is 0 Å². The van der Waals surface area contributed by atoms with Crippen LogP contribution in [0.4, 0.5) is 0 Å². The van der Waals surface area contributed by atoms with Crippen LogP contribution in [0.5, 0.6) is 0 Å². The zero-order valence-corrected chi connectivity index (χ0v) is 16.2. The molecule has 0 saturated carbocycles. The first-order valence-corrected chi connectivity index (χ1v) is 11.4. The molecule has 3 heterocycles. The van der Waals surface area contributed by atoms with Crippen molar-refractivity contribution in [2.75, 3.05) is 19.3 Å². The second kappa shape index (κ2) is 8.03. The molecule has 0 unspecified atom stereocenters. The van der Waals surface area contributed by atoms with Crippen molar-refractivity contribution in [1.29, 1.82) is 0 Å². The van der Waals surface area contributed by atoms with E-state index in [4.69, 9.17) is 0 Å². The molecule has 26 heavy (non-hydrogen) atoms. The van der Waals surface area contributed by atoms with Crippen LogP contribution in [0.25, 0.3) is 0 Å². The zero-order valence-electron chi connectivity index (χ0n) is 14.6. The summed E-state index contributed by atoms with van der Waals surface area (Å²) in [6.07, 6.45) is 2.58. The normalized spacial score (nSPS) is 26.3. The summed E-state index contributed by atoms with van der Waals surface area (Å²) in [7, 11) is -3.31. The number of carbonyl (C=O) groups excluding carboxylic acids is 2. The van der Waals surface area contributed by atoms with Crippen LogP contribution in [0.1, 0.15) is 24.1 Å². The molecule has 0 radical (unpaired) electrons. The maximum atomic E-state index is 12.1. The number of thiophene rings is 1. The van der Waals surface area contributed by atoms with E-state index in [1.807, 2.05) is 22.4 Å². The number of hydrogen-bond donors (Lipinski definition) is 3. The zero-order chi connectivity index (χ0) is 18.7. The molecule has 0 aromatic carbocycles. The largest absolute Gasteiger partial charge is 0.353 e. The number of nitrogens with one attached hydrogen (secondary N) is 3. The lowest BCUT2D eigenvalue weighted by Gasteiger charge is -2.37. The van der Waals surface area contributed by atoms with Gasteiger partial charge in [-0.25, -0.2) is 13.1 Å². The minimum Gasteiger partial charge on any atom is -0.353 e. The van der Waals surface area contributed by atoms with Gasteiger partial charge in [-0.1, -0.05) is 6.07 Å². The van der Waals surface area contributed by atoms with E-state index in [0.29, 0.717) is 38.9 Å². The van der Waals surface area contributed by atoms with E-state index in [1.54, 1.807) is 11.3 Å². The lowest BCUT2D eigenvalue weighted by Crippen LogP contribution is -2.58. The number of piperazine rings is 1. The number of nitrogens with zero attached hydrogens (tertiary/aromatic N) is 1. The summed E-state index contributed by atoms with van der Waals surface area (Å²) in [5, 5.41) is 7.76. The number of carbonyl (C=O) groups is 2. The molecule has 2 aliphatic heterocycles. The minimum absolute atomic E-state index is 0.0168. The van der Waals surface area contributed by atoms with E-state index >= 15 is 0 Å². The number of amides is 2. The Labute approximate surface area is 157 Å². The van der Waals surface area contributed by atoms with Gasteiger partial charge in [-0.05, 0) is 24.3 Å². The first-order valence-electron chi connectivity index (χ1n) is 8.61. The third kappa shape index (κ3) is 5.03. The maximum absolute atomic E-state index is 12.1. The van der Waals surface area contributed by atoms with Gasteiger partial charge in [0.25, 0.3) is 0 Å². The lowest BCUT2D eigenvalue weighted by molar-refractivity contribution is -0.129. The van der Waals surface area contributed by atoms with Crippen LogP contribution in [-0.2, 0) is 26.2 Å². The van der Waals surface area contributed by atoms with Crippen molar-refractivity contribution in [2.45, 2.75) is 43.9 Å². The molecular weight excluding hydrogens is 376 g/mol.